The Labute approximate surface area is 166 Å². The summed E-state index contributed by atoms with van der Waals surface area (Å²) in [6, 6.07) is 8.98. The van der Waals surface area contributed by atoms with Gasteiger partial charge in [0, 0.05) is 18.8 Å². The molecule has 0 spiro atoms. The molecular weight excluding hydrogens is 374 g/mol. The Morgan fingerprint density at radius 2 is 1.86 bits per heavy atom. The second-order valence-electron chi connectivity index (χ2n) is 7.29. The largest absolute Gasteiger partial charge is 0.454 e. The number of hydrogen-bond acceptors (Lipinski definition) is 5. The monoisotopic (exact) mass is 393 g/mol. The number of hydrogen-bond donors (Lipinski definition) is 2. The summed E-state index contributed by atoms with van der Waals surface area (Å²) < 4.78 is 10.6. The molecule has 0 saturated heterocycles. The van der Waals surface area contributed by atoms with Crippen LogP contribution in [0.3, 0.4) is 0 Å². The Morgan fingerprint density at radius 3 is 2.76 bits per heavy atom. The van der Waals surface area contributed by atoms with Crippen molar-refractivity contribution in [1.29, 1.82) is 0 Å². The van der Waals surface area contributed by atoms with Gasteiger partial charge in [0.2, 0.25) is 12.7 Å². The average molecular weight is 393 g/mol. The maximum Gasteiger partial charge on any atom is 0.313 e. The molecule has 0 unspecified atom stereocenters. The van der Waals surface area contributed by atoms with Gasteiger partial charge in [-0.2, -0.15) is 0 Å². The first-order valence-corrected chi connectivity index (χ1v) is 9.52. The van der Waals surface area contributed by atoms with Crippen molar-refractivity contribution in [3.05, 3.63) is 47.0 Å². The molecular formula is C21H19N3O5. The summed E-state index contributed by atoms with van der Waals surface area (Å²) in [5.41, 5.74) is 4.26. The van der Waals surface area contributed by atoms with Crippen molar-refractivity contribution >= 4 is 29.1 Å². The molecule has 0 atom stereocenters. The van der Waals surface area contributed by atoms with E-state index in [-0.39, 0.29) is 19.2 Å². The summed E-state index contributed by atoms with van der Waals surface area (Å²) in [7, 11) is 0. The standard InChI is InChI=1S/C21H19N3O5/c25-18-9-14-8-15(7-13-2-1-5-24(18)19(13)14)23-21(27)20(26)22-10-12-3-4-16-17(6-12)29-11-28-16/h3-4,6-8H,1-2,5,9-11H2,(H,22,26)(H,23,27). The van der Waals surface area contributed by atoms with E-state index in [4.69, 9.17) is 9.47 Å². The van der Waals surface area contributed by atoms with Crippen LogP contribution in [0.4, 0.5) is 11.4 Å². The van der Waals surface area contributed by atoms with Crippen molar-refractivity contribution in [2.24, 2.45) is 0 Å². The number of fused-ring (bicyclic) bond motifs is 1. The first-order valence-electron chi connectivity index (χ1n) is 9.52. The highest BCUT2D eigenvalue weighted by molar-refractivity contribution is 6.39. The van der Waals surface area contributed by atoms with Gasteiger partial charge in [-0.3, -0.25) is 14.4 Å². The fraction of sp³-hybridized carbons (Fsp3) is 0.286. The summed E-state index contributed by atoms with van der Waals surface area (Å²) in [5, 5.41) is 5.26. The Balaban J connectivity index is 1.24. The second kappa shape index (κ2) is 6.80. The molecule has 0 bridgehead atoms. The van der Waals surface area contributed by atoms with Crippen molar-refractivity contribution in [3.63, 3.8) is 0 Å². The van der Waals surface area contributed by atoms with Gasteiger partial charge in [-0.15, -0.1) is 0 Å². The van der Waals surface area contributed by atoms with Crippen LogP contribution in [0.1, 0.15) is 23.1 Å². The zero-order chi connectivity index (χ0) is 20.0. The van der Waals surface area contributed by atoms with Crippen LogP contribution in [-0.2, 0) is 33.8 Å². The second-order valence-corrected chi connectivity index (χ2v) is 7.29. The van der Waals surface area contributed by atoms with Gasteiger partial charge >= 0.3 is 11.8 Å². The Hall–Kier alpha value is -3.55. The fourth-order valence-corrected chi connectivity index (χ4v) is 4.05. The van der Waals surface area contributed by atoms with E-state index in [2.05, 4.69) is 10.6 Å². The molecule has 3 aliphatic heterocycles. The van der Waals surface area contributed by atoms with E-state index in [0.29, 0.717) is 23.6 Å². The van der Waals surface area contributed by atoms with E-state index in [1.807, 2.05) is 11.0 Å². The maximum absolute atomic E-state index is 12.3. The summed E-state index contributed by atoms with van der Waals surface area (Å²) in [6.07, 6.45) is 2.08. The number of rotatable bonds is 3. The minimum atomic E-state index is -0.741. The Bertz CT molecular complexity index is 1050. The van der Waals surface area contributed by atoms with E-state index in [1.165, 1.54) is 0 Å². The van der Waals surface area contributed by atoms with Crippen molar-refractivity contribution < 1.29 is 23.9 Å². The molecule has 8 heteroatoms. The molecule has 2 aromatic rings. The summed E-state index contributed by atoms with van der Waals surface area (Å²) in [6.45, 7) is 1.12. The van der Waals surface area contributed by atoms with Crippen LogP contribution >= 0.6 is 0 Å². The van der Waals surface area contributed by atoms with Crippen LogP contribution in [-0.4, -0.2) is 31.1 Å². The zero-order valence-electron chi connectivity index (χ0n) is 15.6. The van der Waals surface area contributed by atoms with Gasteiger partial charge in [0.05, 0.1) is 12.1 Å². The lowest BCUT2D eigenvalue weighted by molar-refractivity contribution is -0.136. The molecule has 29 heavy (non-hydrogen) atoms. The fourth-order valence-electron chi connectivity index (χ4n) is 4.05. The van der Waals surface area contributed by atoms with Crippen molar-refractivity contribution in [3.8, 4) is 11.5 Å². The maximum atomic E-state index is 12.3. The minimum Gasteiger partial charge on any atom is -0.454 e. The first kappa shape index (κ1) is 17.5. The molecule has 3 amide bonds. The number of ether oxygens (including phenoxy) is 2. The smallest absolute Gasteiger partial charge is 0.313 e. The van der Waals surface area contributed by atoms with Crippen LogP contribution in [0.15, 0.2) is 30.3 Å². The van der Waals surface area contributed by atoms with Crippen LogP contribution in [0.5, 0.6) is 11.5 Å². The molecule has 0 saturated carbocycles. The Morgan fingerprint density at radius 1 is 1.03 bits per heavy atom. The molecule has 2 N–H and O–H groups in total. The van der Waals surface area contributed by atoms with E-state index in [0.717, 1.165) is 41.8 Å². The number of nitrogens with zero attached hydrogens (tertiary/aromatic N) is 1. The van der Waals surface area contributed by atoms with E-state index >= 15 is 0 Å². The molecule has 0 aliphatic carbocycles. The van der Waals surface area contributed by atoms with Gasteiger partial charge in [-0.1, -0.05) is 6.07 Å². The van der Waals surface area contributed by atoms with Gasteiger partial charge in [0.25, 0.3) is 0 Å². The zero-order valence-corrected chi connectivity index (χ0v) is 15.6. The number of benzene rings is 2. The molecule has 2 aromatic carbocycles. The molecule has 0 fully saturated rings. The van der Waals surface area contributed by atoms with E-state index < -0.39 is 11.8 Å². The van der Waals surface area contributed by atoms with Gasteiger partial charge in [0.1, 0.15) is 0 Å². The van der Waals surface area contributed by atoms with Gasteiger partial charge in [-0.05, 0) is 53.8 Å². The van der Waals surface area contributed by atoms with Crippen LogP contribution in [0, 0.1) is 0 Å². The number of nitrogens with one attached hydrogen (secondary N) is 2. The molecule has 0 aromatic heterocycles. The van der Waals surface area contributed by atoms with Crippen molar-refractivity contribution in [2.45, 2.75) is 25.8 Å². The summed E-state index contributed by atoms with van der Waals surface area (Å²) in [4.78, 5) is 38.5. The van der Waals surface area contributed by atoms with E-state index in [9.17, 15) is 14.4 Å². The molecule has 148 valence electrons. The lowest BCUT2D eigenvalue weighted by Crippen LogP contribution is -2.35. The van der Waals surface area contributed by atoms with Gasteiger partial charge in [-0.25, -0.2) is 0 Å². The van der Waals surface area contributed by atoms with Gasteiger partial charge in [0.15, 0.2) is 11.5 Å². The third-order valence-electron chi connectivity index (χ3n) is 5.36. The topological polar surface area (TPSA) is 97.0 Å². The summed E-state index contributed by atoms with van der Waals surface area (Å²) in [5.74, 6) is -0.0948. The number of carbonyl (C=O) groups is 3. The van der Waals surface area contributed by atoms with Gasteiger partial charge < -0.3 is 25.0 Å². The normalized spacial score (nSPS) is 15.9. The van der Waals surface area contributed by atoms with E-state index in [1.54, 1.807) is 24.3 Å². The molecule has 3 aliphatic rings. The average Bonchev–Trinajstić information content (AvgIpc) is 3.31. The first-order chi connectivity index (χ1) is 14.1. The predicted octanol–water partition coefficient (Wildman–Crippen LogP) is 1.51. The lowest BCUT2D eigenvalue weighted by atomic mass is 9.99. The molecule has 5 rings (SSSR count). The highest BCUT2D eigenvalue weighted by Gasteiger charge is 2.32. The molecule has 0 radical (unpaired) electrons. The highest BCUT2D eigenvalue weighted by Crippen LogP contribution is 2.38. The Kier molecular flexibility index (Phi) is 4.12. The minimum absolute atomic E-state index is 0.0888. The highest BCUT2D eigenvalue weighted by atomic mass is 16.7. The number of aryl methyl sites for hydroxylation is 1. The lowest BCUT2D eigenvalue weighted by Gasteiger charge is -2.26. The predicted molar refractivity (Wildman–Crippen MR) is 104 cm³/mol. The number of carbonyl (C=O) groups excluding carboxylic acids is 3. The summed E-state index contributed by atoms with van der Waals surface area (Å²) >= 11 is 0. The SMILES string of the molecule is O=C(NCc1ccc2c(c1)OCO2)C(=O)Nc1cc2c3c(c1)CC(=O)N3CCC2. The quantitative estimate of drug-likeness (QED) is 0.771. The molecule has 3 heterocycles. The molecule has 8 nitrogen and oxygen atoms in total. The van der Waals surface area contributed by atoms with Crippen LogP contribution < -0.4 is 25.0 Å². The number of amides is 3. The third kappa shape index (κ3) is 3.16. The van der Waals surface area contributed by atoms with Crippen LogP contribution in [0.25, 0.3) is 0 Å². The number of anilines is 2. The van der Waals surface area contributed by atoms with Crippen molar-refractivity contribution in [2.75, 3.05) is 23.6 Å². The third-order valence-corrected chi connectivity index (χ3v) is 5.36. The van der Waals surface area contributed by atoms with Crippen molar-refractivity contribution in [1.82, 2.24) is 5.32 Å². The van der Waals surface area contributed by atoms with Crippen LogP contribution in [0.2, 0.25) is 0 Å².